The van der Waals surface area contributed by atoms with Gasteiger partial charge in [0.1, 0.15) is 0 Å². The Bertz CT molecular complexity index is 95.6. The second-order valence-corrected chi connectivity index (χ2v) is 4.71. The van der Waals surface area contributed by atoms with Crippen LogP contribution in [-0.4, -0.2) is 37.3 Å². The summed E-state index contributed by atoms with van der Waals surface area (Å²) in [4.78, 5) is 0. The molecule has 0 aliphatic heterocycles. The number of hydrogen-bond donors (Lipinski definition) is 1. The average Bonchev–Trinajstić information content (AvgIpc) is 2.21. The molecule has 4 heteroatoms. The monoisotopic (exact) mass is 205 g/mol. The number of nitrogens with one attached hydrogen (secondary N) is 1. The van der Waals surface area contributed by atoms with Gasteiger partial charge in [-0.15, -0.1) is 0 Å². The van der Waals surface area contributed by atoms with Gasteiger partial charge >= 0.3 is 10.0 Å². The largest absolute Gasteiger partial charge is 0.402 e. The Labute approximate surface area is 84.3 Å². The maximum absolute atomic E-state index is 4.61. The summed E-state index contributed by atoms with van der Waals surface area (Å²) in [6, 6.07) is 0.837. The number of rotatable bonds is 3. The van der Waals surface area contributed by atoms with E-state index in [2.05, 4.69) is 21.2 Å². The first-order valence-corrected chi connectivity index (χ1v) is 6.15. The molecule has 80 valence electrons. The van der Waals surface area contributed by atoms with E-state index in [-0.39, 0.29) is 0 Å². The summed E-state index contributed by atoms with van der Waals surface area (Å²) in [5.74, 6) is 0. The van der Waals surface area contributed by atoms with Crippen molar-refractivity contribution >= 4 is 10.0 Å². The molecule has 0 aromatic carbocycles. The molecular weight excluding hydrogens is 182 g/mol. The van der Waals surface area contributed by atoms with Crippen molar-refractivity contribution in [2.45, 2.75) is 38.1 Å². The van der Waals surface area contributed by atoms with Gasteiger partial charge in [0.05, 0.1) is 0 Å². The third-order valence-corrected chi connectivity index (χ3v) is 2.72. The molecule has 0 aromatic heterocycles. The van der Waals surface area contributed by atoms with Gasteiger partial charge in [-0.25, -0.2) is 0 Å². The van der Waals surface area contributed by atoms with Crippen molar-refractivity contribution in [3.8, 4) is 0 Å². The van der Waals surface area contributed by atoms with Crippen LogP contribution in [0.25, 0.3) is 0 Å². The van der Waals surface area contributed by atoms with Crippen LogP contribution in [0.2, 0.25) is 0 Å². The Kier molecular flexibility index (Phi) is 10.3. The Morgan fingerprint density at radius 2 is 1.62 bits per heavy atom. The highest BCUT2D eigenvalue weighted by atomic mass is 28.3. The van der Waals surface area contributed by atoms with Gasteiger partial charge in [0.2, 0.25) is 0 Å². The molecule has 1 N–H and O–H groups in total. The Morgan fingerprint density at radius 1 is 1.08 bits per heavy atom. The maximum Gasteiger partial charge on any atom is 0.303 e. The molecule has 0 bridgehead atoms. The molecule has 1 aliphatic rings. The standard InChI is InChI=1S/C7H15N.C2H8O2Si/c1-8-7-5-3-2-4-6-7;1-3-5-4-2/h7-8H,2-6H2,1H3;5H2,1-2H3. The summed E-state index contributed by atoms with van der Waals surface area (Å²) >= 11 is 0. The van der Waals surface area contributed by atoms with Crippen molar-refractivity contribution in [2.24, 2.45) is 0 Å². The minimum absolute atomic E-state index is 0.568. The molecule has 1 saturated carbocycles. The molecule has 0 heterocycles. The SMILES string of the molecule is CNC1CCCCC1.CO[SiH2]OC. The molecule has 0 aromatic rings. The van der Waals surface area contributed by atoms with Gasteiger partial charge in [-0.3, -0.25) is 0 Å². The van der Waals surface area contributed by atoms with Gasteiger partial charge in [-0.05, 0) is 19.9 Å². The van der Waals surface area contributed by atoms with Crippen molar-refractivity contribution in [2.75, 3.05) is 21.3 Å². The van der Waals surface area contributed by atoms with E-state index in [1.54, 1.807) is 14.2 Å². The fourth-order valence-electron chi connectivity index (χ4n) is 1.51. The van der Waals surface area contributed by atoms with Crippen molar-refractivity contribution in [3.63, 3.8) is 0 Å². The predicted molar refractivity (Wildman–Crippen MR) is 58.5 cm³/mol. The summed E-state index contributed by atoms with van der Waals surface area (Å²) in [6.07, 6.45) is 7.13. The zero-order chi connectivity index (χ0) is 9.94. The molecule has 0 atom stereocenters. The smallest absolute Gasteiger partial charge is 0.303 e. The summed E-state index contributed by atoms with van der Waals surface area (Å²) in [7, 11) is 4.79. The van der Waals surface area contributed by atoms with Gasteiger partial charge in [-0.1, -0.05) is 19.3 Å². The molecule has 3 nitrogen and oxygen atoms in total. The Balaban J connectivity index is 0.000000252. The van der Waals surface area contributed by atoms with E-state index < -0.39 is 10.0 Å². The van der Waals surface area contributed by atoms with Crippen molar-refractivity contribution < 1.29 is 8.85 Å². The fourth-order valence-corrected chi connectivity index (χ4v) is 1.74. The van der Waals surface area contributed by atoms with Crippen molar-refractivity contribution in [1.82, 2.24) is 5.32 Å². The van der Waals surface area contributed by atoms with Crippen LogP contribution < -0.4 is 5.32 Å². The topological polar surface area (TPSA) is 30.5 Å². The van der Waals surface area contributed by atoms with E-state index in [4.69, 9.17) is 0 Å². The van der Waals surface area contributed by atoms with Crippen LogP contribution in [-0.2, 0) is 8.85 Å². The van der Waals surface area contributed by atoms with Crippen LogP contribution in [0.5, 0.6) is 0 Å². The second-order valence-electron chi connectivity index (χ2n) is 3.32. The molecule has 0 saturated heterocycles. The third-order valence-electron chi connectivity index (χ3n) is 2.25. The maximum atomic E-state index is 4.61. The predicted octanol–water partition coefficient (Wildman–Crippen LogP) is 0.816. The highest BCUT2D eigenvalue weighted by molar-refractivity contribution is 6.17. The third kappa shape index (κ3) is 8.43. The van der Waals surface area contributed by atoms with Crippen LogP contribution in [0, 0.1) is 0 Å². The first-order valence-electron chi connectivity index (χ1n) is 5.00. The van der Waals surface area contributed by atoms with Gasteiger partial charge < -0.3 is 14.2 Å². The van der Waals surface area contributed by atoms with Crippen LogP contribution in [0.4, 0.5) is 0 Å². The summed E-state index contributed by atoms with van der Waals surface area (Å²) in [5.41, 5.74) is 0. The van der Waals surface area contributed by atoms with Gasteiger partial charge in [0.15, 0.2) is 0 Å². The van der Waals surface area contributed by atoms with Gasteiger partial charge in [0.25, 0.3) is 0 Å². The Hall–Kier alpha value is 0.0969. The lowest BCUT2D eigenvalue weighted by molar-refractivity contribution is 0.309. The highest BCUT2D eigenvalue weighted by Crippen LogP contribution is 2.16. The summed E-state index contributed by atoms with van der Waals surface area (Å²) in [5, 5.41) is 3.30. The molecule has 0 amide bonds. The zero-order valence-corrected chi connectivity index (χ0v) is 10.6. The normalized spacial score (nSPS) is 17.8. The van der Waals surface area contributed by atoms with E-state index in [0.29, 0.717) is 0 Å². The molecule has 13 heavy (non-hydrogen) atoms. The lowest BCUT2D eigenvalue weighted by Gasteiger charge is -2.20. The molecule has 1 rings (SSSR count). The van der Waals surface area contributed by atoms with Crippen molar-refractivity contribution in [3.05, 3.63) is 0 Å². The van der Waals surface area contributed by atoms with Gasteiger partial charge in [0, 0.05) is 20.3 Å². The lowest BCUT2D eigenvalue weighted by Crippen LogP contribution is -2.26. The second kappa shape index (κ2) is 10.2. The molecule has 0 unspecified atom stereocenters. The van der Waals surface area contributed by atoms with E-state index in [0.717, 1.165) is 6.04 Å². The highest BCUT2D eigenvalue weighted by Gasteiger charge is 2.09. The lowest BCUT2D eigenvalue weighted by atomic mass is 9.96. The minimum atomic E-state index is -0.568. The van der Waals surface area contributed by atoms with Crippen LogP contribution in [0.1, 0.15) is 32.1 Å². The zero-order valence-electron chi connectivity index (χ0n) is 9.14. The van der Waals surface area contributed by atoms with E-state index >= 15 is 0 Å². The average molecular weight is 205 g/mol. The van der Waals surface area contributed by atoms with E-state index in [1.807, 2.05) is 0 Å². The first kappa shape index (κ1) is 13.1. The fraction of sp³-hybridized carbons (Fsp3) is 1.00. The van der Waals surface area contributed by atoms with E-state index in [9.17, 15) is 0 Å². The number of hydrogen-bond acceptors (Lipinski definition) is 3. The molecule has 1 fully saturated rings. The van der Waals surface area contributed by atoms with Gasteiger partial charge in [-0.2, -0.15) is 0 Å². The minimum Gasteiger partial charge on any atom is -0.402 e. The van der Waals surface area contributed by atoms with Crippen LogP contribution in [0.15, 0.2) is 0 Å². The molecule has 0 spiro atoms. The molecular formula is C9H23NO2Si. The Morgan fingerprint density at radius 3 is 1.85 bits per heavy atom. The quantitative estimate of drug-likeness (QED) is 0.692. The van der Waals surface area contributed by atoms with Crippen LogP contribution in [0.3, 0.4) is 0 Å². The summed E-state index contributed by atoms with van der Waals surface area (Å²) < 4.78 is 9.22. The van der Waals surface area contributed by atoms with E-state index in [1.165, 1.54) is 32.1 Å². The first-order chi connectivity index (χ1) is 6.35. The molecule has 1 aliphatic carbocycles. The summed E-state index contributed by atoms with van der Waals surface area (Å²) in [6.45, 7) is 0. The van der Waals surface area contributed by atoms with Crippen LogP contribution >= 0.6 is 0 Å². The van der Waals surface area contributed by atoms with Crippen molar-refractivity contribution in [1.29, 1.82) is 0 Å². The molecule has 0 radical (unpaired) electrons.